The van der Waals surface area contributed by atoms with Gasteiger partial charge in [-0.3, -0.25) is 14.9 Å². The van der Waals surface area contributed by atoms with Crippen LogP contribution in [0.3, 0.4) is 0 Å². The smallest absolute Gasteiger partial charge is 0.270 e. The second kappa shape index (κ2) is 7.10. The number of hydrogen-bond acceptors (Lipinski definition) is 4. The van der Waals surface area contributed by atoms with Gasteiger partial charge in [-0.1, -0.05) is 18.2 Å². The van der Waals surface area contributed by atoms with Crippen LogP contribution in [-0.4, -0.2) is 37.0 Å². The molecule has 0 radical (unpaired) electrons. The minimum Gasteiger partial charge on any atom is -0.360 e. The van der Waals surface area contributed by atoms with Crippen molar-refractivity contribution >= 4 is 23.0 Å². The van der Waals surface area contributed by atoms with E-state index in [9.17, 15) is 14.9 Å². The van der Waals surface area contributed by atoms with Crippen molar-refractivity contribution in [3.63, 3.8) is 0 Å². The molecule has 1 heterocycles. The number of para-hydroxylation sites is 1. The zero-order valence-electron chi connectivity index (χ0n) is 13.1. The average molecular weight is 327 g/mol. The Balaban J connectivity index is 1.94. The van der Waals surface area contributed by atoms with Gasteiger partial charge in [0.05, 0.1) is 42.4 Å². The molecule has 0 bridgehead atoms. The number of nitrogens with two attached hydrogens (primary N) is 1. The van der Waals surface area contributed by atoms with Gasteiger partial charge in [0.15, 0.2) is 0 Å². The highest BCUT2D eigenvalue weighted by Gasteiger charge is 2.22. The van der Waals surface area contributed by atoms with Crippen molar-refractivity contribution < 1.29 is 15.0 Å². The molecule has 3 N–H and O–H groups in total. The van der Waals surface area contributed by atoms with Gasteiger partial charge >= 0.3 is 0 Å². The van der Waals surface area contributed by atoms with Crippen LogP contribution in [0.1, 0.15) is 10.4 Å². The topological polar surface area (TPSA) is 92.1 Å². The number of anilines is 2. The molecule has 1 aliphatic rings. The van der Waals surface area contributed by atoms with Crippen molar-refractivity contribution in [1.29, 1.82) is 0 Å². The Labute approximate surface area is 139 Å². The lowest BCUT2D eigenvalue weighted by molar-refractivity contribution is -0.655. The molecular formula is C17H19N4O3+. The van der Waals surface area contributed by atoms with E-state index in [1.54, 1.807) is 18.2 Å². The van der Waals surface area contributed by atoms with Crippen LogP contribution in [0.2, 0.25) is 0 Å². The van der Waals surface area contributed by atoms with Crippen LogP contribution in [0.15, 0.2) is 48.5 Å². The summed E-state index contributed by atoms with van der Waals surface area (Å²) in [6, 6.07) is 13.5. The quantitative estimate of drug-likeness (QED) is 0.652. The number of carbonyl (C=O) groups excluding carboxylic acids is 1. The van der Waals surface area contributed by atoms with Crippen molar-refractivity contribution in [3.05, 3.63) is 64.2 Å². The fraction of sp³-hybridized carbons (Fsp3) is 0.235. The van der Waals surface area contributed by atoms with Gasteiger partial charge in [-0.15, -0.1) is 0 Å². The van der Waals surface area contributed by atoms with E-state index >= 15 is 0 Å². The fourth-order valence-electron chi connectivity index (χ4n) is 2.81. The van der Waals surface area contributed by atoms with Crippen LogP contribution < -0.4 is 15.5 Å². The van der Waals surface area contributed by atoms with E-state index in [4.69, 9.17) is 0 Å². The lowest BCUT2D eigenvalue weighted by Crippen LogP contribution is -2.89. The van der Waals surface area contributed by atoms with E-state index in [1.807, 2.05) is 18.2 Å². The zero-order chi connectivity index (χ0) is 16.9. The molecule has 7 heteroatoms. The van der Waals surface area contributed by atoms with Crippen LogP contribution in [0.5, 0.6) is 0 Å². The van der Waals surface area contributed by atoms with E-state index in [2.05, 4.69) is 15.5 Å². The molecule has 0 spiro atoms. The monoisotopic (exact) mass is 327 g/mol. The average Bonchev–Trinajstić information content (AvgIpc) is 2.62. The molecule has 24 heavy (non-hydrogen) atoms. The Morgan fingerprint density at radius 1 is 1.12 bits per heavy atom. The van der Waals surface area contributed by atoms with Gasteiger partial charge in [0, 0.05) is 17.8 Å². The Morgan fingerprint density at radius 3 is 2.50 bits per heavy atom. The van der Waals surface area contributed by atoms with Gasteiger partial charge in [-0.05, 0) is 18.2 Å². The molecule has 0 unspecified atom stereocenters. The number of nitro groups is 1. The molecule has 2 aromatic carbocycles. The number of nitrogens with one attached hydrogen (secondary N) is 1. The first-order valence-electron chi connectivity index (χ1n) is 7.86. The van der Waals surface area contributed by atoms with Crippen LogP contribution in [0.25, 0.3) is 0 Å². The summed E-state index contributed by atoms with van der Waals surface area (Å²) in [4.78, 5) is 25.4. The second-order valence-corrected chi connectivity index (χ2v) is 5.63. The van der Waals surface area contributed by atoms with Crippen molar-refractivity contribution in [2.45, 2.75) is 0 Å². The molecule has 0 atom stereocenters. The molecule has 1 saturated heterocycles. The predicted octanol–water partition coefficient (Wildman–Crippen LogP) is 1.23. The number of benzene rings is 2. The molecule has 0 aromatic heterocycles. The largest absolute Gasteiger partial charge is 0.360 e. The van der Waals surface area contributed by atoms with Gasteiger partial charge in [-0.2, -0.15) is 0 Å². The second-order valence-electron chi connectivity index (χ2n) is 5.63. The molecule has 1 fully saturated rings. The highest BCUT2D eigenvalue weighted by molar-refractivity contribution is 6.08. The molecule has 3 rings (SSSR count). The Morgan fingerprint density at radius 2 is 1.83 bits per heavy atom. The molecule has 2 aromatic rings. The van der Waals surface area contributed by atoms with Crippen LogP contribution in [-0.2, 0) is 0 Å². The van der Waals surface area contributed by atoms with E-state index < -0.39 is 4.92 Å². The third-order valence-electron chi connectivity index (χ3n) is 4.01. The van der Waals surface area contributed by atoms with Crippen LogP contribution in [0, 0.1) is 10.1 Å². The summed E-state index contributed by atoms with van der Waals surface area (Å²) in [5.74, 6) is -0.338. The van der Waals surface area contributed by atoms with Crippen LogP contribution >= 0.6 is 0 Å². The van der Waals surface area contributed by atoms with E-state index in [0.29, 0.717) is 11.3 Å². The lowest BCUT2D eigenvalue weighted by atomic mass is 10.1. The first-order valence-corrected chi connectivity index (χ1v) is 7.86. The molecule has 0 aliphatic carbocycles. The predicted molar refractivity (Wildman–Crippen MR) is 91.4 cm³/mol. The third kappa shape index (κ3) is 3.52. The van der Waals surface area contributed by atoms with Gasteiger partial charge < -0.3 is 15.5 Å². The lowest BCUT2D eigenvalue weighted by Gasteiger charge is -2.28. The fourth-order valence-corrected chi connectivity index (χ4v) is 2.81. The molecule has 1 amide bonds. The normalized spacial score (nSPS) is 14.2. The highest BCUT2D eigenvalue weighted by atomic mass is 16.6. The summed E-state index contributed by atoms with van der Waals surface area (Å²) in [5, 5.41) is 16.1. The van der Waals surface area contributed by atoms with Crippen molar-refractivity contribution in [2.75, 3.05) is 36.4 Å². The number of rotatable bonds is 4. The van der Waals surface area contributed by atoms with E-state index in [-0.39, 0.29) is 11.6 Å². The first kappa shape index (κ1) is 15.9. The van der Waals surface area contributed by atoms with Gasteiger partial charge in [0.1, 0.15) is 0 Å². The summed E-state index contributed by atoms with van der Waals surface area (Å²) < 4.78 is 0. The molecule has 7 nitrogen and oxygen atoms in total. The number of nitro benzene ring substituents is 1. The van der Waals surface area contributed by atoms with Gasteiger partial charge in [0.2, 0.25) is 0 Å². The molecule has 1 aliphatic heterocycles. The Kier molecular flexibility index (Phi) is 4.72. The maximum atomic E-state index is 12.7. The van der Waals surface area contributed by atoms with Crippen molar-refractivity contribution in [1.82, 2.24) is 0 Å². The summed E-state index contributed by atoms with van der Waals surface area (Å²) in [5.41, 5.74) is 1.64. The number of quaternary nitrogens is 1. The number of piperazine rings is 1. The molecular weight excluding hydrogens is 308 g/mol. The summed E-state index contributed by atoms with van der Waals surface area (Å²) in [6.45, 7) is 3.50. The Bertz CT molecular complexity index is 743. The summed E-state index contributed by atoms with van der Waals surface area (Å²) in [6.07, 6.45) is 0. The third-order valence-corrected chi connectivity index (χ3v) is 4.01. The molecule has 124 valence electrons. The summed E-state index contributed by atoms with van der Waals surface area (Å²) >= 11 is 0. The van der Waals surface area contributed by atoms with Crippen molar-refractivity contribution in [3.8, 4) is 0 Å². The van der Waals surface area contributed by atoms with Crippen molar-refractivity contribution in [2.24, 2.45) is 0 Å². The van der Waals surface area contributed by atoms with Crippen LogP contribution in [0.4, 0.5) is 17.1 Å². The van der Waals surface area contributed by atoms with E-state index in [0.717, 1.165) is 31.9 Å². The summed E-state index contributed by atoms with van der Waals surface area (Å²) in [7, 11) is 0. The zero-order valence-corrected chi connectivity index (χ0v) is 13.1. The number of hydrogen-bond donors (Lipinski definition) is 2. The highest BCUT2D eigenvalue weighted by Crippen LogP contribution is 2.26. The van der Waals surface area contributed by atoms with E-state index in [1.165, 1.54) is 12.1 Å². The maximum absolute atomic E-state index is 12.7. The number of non-ortho nitro benzene ring substituents is 1. The first-order chi connectivity index (χ1) is 11.6. The maximum Gasteiger partial charge on any atom is 0.270 e. The SMILES string of the molecule is O=C(Nc1ccccc1)c1cc([N+](=O)[O-])ccc1N1CC[NH2+]CC1. The minimum absolute atomic E-state index is 0.0828. The number of nitrogens with zero attached hydrogens (tertiary/aromatic N) is 2. The minimum atomic E-state index is -0.479. The molecule has 0 saturated carbocycles. The van der Waals surface area contributed by atoms with Gasteiger partial charge in [-0.25, -0.2) is 0 Å². The Hall–Kier alpha value is -2.93. The number of amides is 1. The van der Waals surface area contributed by atoms with Gasteiger partial charge in [0.25, 0.3) is 11.6 Å². The standard InChI is InChI=1S/C17H18N4O3/c22-17(19-13-4-2-1-3-5-13)15-12-14(21(23)24)6-7-16(15)20-10-8-18-9-11-20/h1-7,12,18H,8-11H2,(H,19,22)/p+1. The number of carbonyl (C=O) groups is 1.